The van der Waals surface area contributed by atoms with Gasteiger partial charge in [-0.2, -0.15) is 0 Å². The minimum absolute atomic E-state index is 0.0809. The smallest absolute Gasteiger partial charge is 0.330 e. The number of rotatable bonds is 2. The van der Waals surface area contributed by atoms with E-state index in [0.717, 1.165) is 24.8 Å². The molecule has 0 radical (unpaired) electrons. The molecule has 1 atom stereocenters. The largest absolute Gasteiger partial charge is 0.478 e. The molecule has 0 aromatic heterocycles. The highest BCUT2D eigenvalue weighted by atomic mass is 16.4. The van der Waals surface area contributed by atoms with Crippen molar-refractivity contribution in [3.63, 3.8) is 0 Å². The van der Waals surface area contributed by atoms with E-state index in [2.05, 4.69) is 13.5 Å². The monoisotopic (exact) mass is 180 g/mol. The predicted molar refractivity (Wildman–Crippen MR) is 52.5 cm³/mol. The van der Waals surface area contributed by atoms with Crippen molar-refractivity contribution in [2.24, 2.45) is 5.41 Å². The lowest BCUT2D eigenvalue weighted by Gasteiger charge is -2.21. The zero-order chi connectivity index (χ0) is 10.1. The number of hydrogen-bond acceptors (Lipinski definition) is 1. The van der Waals surface area contributed by atoms with Gasteiger partial charge in [-0.15, -0.1) is 0 Å². The van der Waals surface area contributed by atoms with Crippen LogP contribution < -0.4 is 0 Å². The number of carboxylic acids is 1. The molecule has 1 fully saturated rings. The van der Waals surface area contributed by atoms with Crippen LogP contribution in [0.5, 0.6) is 0 Å². The van der Waals surface area contributed by atoms with Gasteiger partial charge in [0, 0.05) is 11.0 Å². The normalized spacial score (nSPS) is 29.4. The van der Waals surface area contributed by atoms with Crippen LogP contribution in [0.15, 0.2) is 23.8 Å². The lowest BCUT2D eigenvalue weighted by Crippen LogP contribution is -2.12. The summed E-state index contributed by atoms with van der Waals surface area (Å²) in [4.78, 5) is 10.6. The molecule has 1 unspecified atom stereocenters. The maximum Gasteiger partial charge on any atom is 0.330 e. The van der Waals surface area contributed by atoms with Gasteiger partial charge in [0.15, 0.2) is 0 Å². The fraction of sp³-hybridized carbons (Fsp3) is 0.545. The zero-order valence-corrected chi connectivity index (χ0v) is 8.26. The van der Waals surface area contributed by atoms with Crippen LogP contribution in [-0.2, 0) is 4.79 Å². The highest BCUT2D eigenvalue weighted by Gasteiger charge is 2.30. The van der Waals surface area contributed by atoms with E-state index in [0.29, 0.717) is 5.57 Å². The van der Waals surface area contributed by atoms with E-state index in [-0.39, 0.29) is 5.41 Å². The molecule has 0 aromatic carbocycles. The van der Waals surface area contributed by atoms with Crippen molar-refractivity contribution in [1.82, 2.24) is 0 Å². The van der Waals surface area contributed by atoms with Gasteiger partial charge >= 0.3 is 5.97 Å². The van der Waals surface area contributed by atoms with E-state index >= 15 is 0 Å². The first-order valence-corrected chi connectivity index (χ1v) is 4.57. The third kappa shape index (κ3) is 2.00. The maximum absolute atomic E-state index is 10.6. The molecule has 1 aliphatic carbocycles. The van der Waals surface area contributed by atoms with Crippen LogP contribution >= 0.6 is 0 Å². The van der Waals surface area contributed by atoms with Crippen molar-refractivity contribution in [1.29, 1.82) is 0 Å². The summed E-state index contributed by atoms with van der Waals surface area (Å²) in [6.45, 7) is 7.68. The van der Waals surface area contributed by atoms with Crippen LogP contribution in [0, 0.1) is 5.41 Å². The van der Waals surface area contributed by atoms with Gasteiger partial charge in [-0.25, -0.2) is 4.79 Å². The van der Waals surface area contributed by atoms with Crippen molar-refractivity contribution in [2.75, 3.05) is 0 Å². The molecular weight excluding hydrogens is 164 g/mol. The van der Waals surface area contributed by atoms with Gasteiger partial charge in [-0.3, -0.25) is 0 Å². The summed E-state index contributed by atoms with van der Waals surface area (Å²) in [5.41, 5.74) is 1.50. The number of aliphatic carboxylic acids is 1. The van der Waals surface area contributed by atoms with Gasteiger partial charge < -0.3 is 5.11 Å². The van der Waals surface area contributed by atoms with E-state index in [1.54, 1.807) is 6.92 Å². The third-order valence-corrected chi connectivity index (χ3v) is 2.85. The first kappa shape index (κ1) is 10.0. The summed E-state index contributed by atoms with van der Waals surface area (Å²) >= 11 is 0. The van der Waals surface area contributed by atoms with Crippen molar-refractivity contribution in [2.45, 2.75) is 33.1 Å². The summed E-state index contributed by atoms with van der Waals surface area (Å²) in [6.07, 6.45) is 5.01. The maximum atomic E-state index is 10.6. The molecule has 1 rings (SSSR count). The number of carbonyl (C=O) groups is 1. The number of hydrogen-bond donors (Lipinski definition) is 1. The number of allylic oxidation sites excluding steroid dienone is 2. The van der Waals surface area contributed by atoms with E-state index in [9.17, 15) is 4.79 Å². The molecule has 13 heavy (non-hydrogen) atoms. The average Bonchev–Trinajstić information content (AvgIpc) is 2.32. The summed E-state index contributed by atoms with van der Waals surface area (Å²) < 4.78 is 0. The zero-order valence-electron chi connectivity index (χ0n) is 8.26. The molecule has 0 spiro atoms. The summed E-state index contributed by atoms with van der Waals surface area (Å²) in [6, 6.07) is 0. The molecule has 0 heterocycles. The first-order chi connectivity index (χ1) is 5.96. The molecule has 0 aliphatic heterocycles. The molecule has 0 amide bonds. The van der Waals surface area contributed by atoms with E-state index in [1.807, 2.05) is 6.08 Å². The van der Waals surface area contributed by atoms with Gasteiger partial charge in [-0.1, -0.05) is 25.2 Å². The SMILES string of the molecule is C=C1CCCC1(C)C=C(C)C(=O)O. The van der Waals surface area contributed by atoms with Crippen LogP contribution in [0.4, 0.5) is 0 Å². The Labute approximate surface area is 79.0 Å². The molecule has 1 aliphatic rings. The van der Waals surface area contributed by atoms with Gasteiger partial charge in [0.05, 0.1) is 0 Å². The summed E-state index contributed by atoms with van der Waals surface area (Å²) in [7, 11) is 0. The summed E-state index contributed by atoms with van der Waals surface area (Å²) in [5.74, 6) is -0.832. The molecule has 72 valence electrons. The van der Waals surface area contributed by atoms with E-state index in [1.165, 1.54) is 0 Å². The fourth-order valence-electron chi connectivity index (χ4n) is 1.85. The van der Waals surface area contributed by atoms with Gasteiger partial charge in [-0.05, 0) is 26.2 Å². The van der Waals surface area contributed by atoms with Crippen molar-refractivity contribution in [3.05, 3.63) is 23.8 Å². The predicted octanol–water partition coefficient (Wildman–Crippen LogP) is 2.76. The van der Waals surface area contributed by atoms with Gasteiger partial charge in [0.25, 0.3) is 0 Å². The highest BCUT2D eigenvalue weighted by molar-refractivity contribution is 5.86. The van der Waals surface area contributed by atoms with Crippen molar-refractivity contribution < 1.29 is 9.90 Å². The molecule has 2 heteroatoms. The highest BCUT2D eigenvalue weighted by Crippen LogP contribution is 2.43. The van der Waals surface area contributed by atoms with Crippen LogP contribution in [0.1, 0.15) is 33.1 Å². The topological polar surface area (TPSA) is 37.3 Å². The lowest BCUT2D eigenvalue weighted by atomic mass is 9.83. The van der Waals surface area contributed by atoms with Crippen LogP contribution in [0.25, 0.3) is 0 Å². The van der Waals surface area contributed by atoms with Crippen LogP contribution in [0.2, 0.25) is 0 Å². The molecule has 0 saturated heterocycles. The Kier molecular flexibility index (Phi) is 2.60. The second-order valence-electron chi connectivity index (χ2n) is 4.01. The molecular formula is C11H16O2. The van der Waals surface area contributed by atoms with Crippen molar-refractivity contribution >= 4 is 5.97 Å². The lowest BCUT2D eigenvalue weighted by molar-refractivity contribution is -0.132. The minimum Gasteiger partial charge on any atom is -0.478 e. The Bertz CT molecular complexity index is 276. The minimum atomic E-state index is -0.832. The Hall–Kier alpha value is -1.05. The fourth-order valence-corrected chi connectivity index (χ4v) is 1.85. The molecule has 0 aromatic rings. The average molecular weight is 180 g/mol. The quantitative estimate of drug-likeness (QED) is 0.524. The third-order valence-electron chi connectivity index (χ3n) is 2.85. The Balaban J connectivity index is 2.88. The van der Waals surface area contributed by atoms with Gasteiger partial charge in [0.1, 0.15) is 0 Å². The van der Waals surface area contributed by atoms with Crippen LogP contribution in [-0.4, -0.2) is 11.1 Å². The molecule has 1 saturated carbocycles. The standard InChI is InChI=1S/C11H16O2/c1-8(10(12)13)7-11(3)6-4-5-9(11)2/h7H,2,4-6H2,1,3H3,(H,12,13). The second kappa shape index (κ2) is 3.36. The van der Waals surface area contributed by atoms with E-state index in [4.69, 9.17) is 5.11 Å². The molecule has 2 nitrogen and oxygen atoms in total. The van der Waals surface area contributed by atoms with Gasteiger partial charge in [0.2, 0.25) is 0 Å². The first-order valence-electron chi connectivity index (χ1n) is 4.57. The van der Waals surface area contributed by atoms with Crippen LogP contribution in [0.3, 0.4) is 0 Å². The Morgan fingerprint density at radius 2 is 2.31 bits per heavy atom. The second-order valence-corrected chi connectivity index (χ2v) is 4.01. The molecule has 1 N–H and O–H groups in total. The van der Waals surface area contributed by atoms with E-state index < -0.39 is 5.97 Å². The van der Waals surface area contributed by atoms with Crippen molar-refractivity contribution in [3.8, 4) is 0 Å². The number of carboxylic acid groups (broad SMARTS) is 1. The summed E-state index contributed by atoms with van der Waals surface area (Å²) in [5, 5.41) is 8.75. The Morgan fingerprint density at radius 3 is 2.69 bits per heavy atom. The molecule has 0 bridgehead atoms. The Morgan fingerprint density at radius 1 is 1.69 bits per heavy atom.